The van der Waals surface area contributed by atoms with Gasteiger partial charge >= 0.3 is 0 Å². The first kappa shape index (κ1) is 26.5. The molecule has 1 fully saturated rings. The van der Waals surface area contributed by atoms with Crippen LogP contribution in [0, 0.1) is 0 Å². The van der Waals surface area contributed by atoms with Gasteiger partial charge in [0.25, 0.3) is 5.91 Å². The summed E-state index contributed by atoms with van der Waals surface area (Å²) in [7, 11) is -3.60. The average molecular weight is 547 g/mol. The number of anilines is 1. The second-order valence-corrected chi connectivity index (χ2v) is 11.8. The van der Waals surface area contributed by atoms with Crippen molar-refractivity contribution < 1.29 is 13.2 Å². The highest BCUT2D eigenvalue weighted by Gasteiger charge is 2.19. The first-order valence-corrected chi connectivity index (χ1v) is 14.4. The van der Waals surface area contributed by atoms with Crippen LogP contribution in [0.4, 0.5) is 5.69 Å². The molecule has 0 unspecified atom stereocenters. The average Bonchev–Trinajstić information content (AvgIpc) is 3.34. The molecule has 1 N–H and O–H groups in total. The third-order valence-electron chi connectivity index (χ3n) is 6.23. The van der Waals surface area contributed by atoms with Crippen LogP contribution in [0.15, 0.2) is 66.7 Å². The Morgan fingerprint density at radius 2 is 1.56 bits per heavy atom. The first-order chi connectivity index (χ1) is 17.2. The molecule has 9 heteroatoms. The number of carbonyl (C=O) groups is 1. The van der Waals surface area contributed by atoms with Gasteiger partial charge < -0.3 is 5.32 Å². The highest BCUT2D eigenvalue weighted by atomic mass is 35.5. The molecule has 0 bridgehead atoms. The van der Waals surface area contributed by atoms with Gasteiger partial charge in [-0.1, -0.05) is 59.6 Å². The molecular weight excluding hydrogens is 517 g/mol. The van der Waals surface area contributed by atoms with Crippen LogP contribution in [-0.4, -0.2) is 38.6 Å². The Bertz CT molecular complexity index is 1300. The largest absolute Gasteiger partial charge is 0.348 e. The second kappa shape index (κ2) is 11.6. The van der Waals surface area contributed by atoms with Crippen molar-refractivity contribution in [2.45, 2.75) is 32.5 Å². The van der Waals surface area contributed by atoms with Crippen molar-refractivity contribution in [2.24, 2.45) is 0 Å². The Morgan fingerprint density at radius 3 is 2.17 bits per heavy atom. The summed E-state index contributed by atoms with van der Waals surface area (Å²) in [6.07, 6.45) is 3.61. The maximum atomic E-state index is 12.8. The maximum absolute atomic E-state index is 12.8. The molecule has 0 saturated carbocycles. The molecule has 1 amide bonds. The van der Waals surface area contributed by atoms with E-state index >= 15 is 0 Å². The number of benzene rings is 3. The summed E-state index contributed by atoms with van der Waals surface area (Å²) in [5.74, 6) is -0.181. The van der Waals surface area contributed by atoms with Gasteiger partial charge in [-0.2, -0.15) is 0 Å². The molecule has 0 aromatic heterocycles. The van der Waals surface area contributed by atoms with E-state index in [9.17, 15) is 13.2 Å². The van der Waals surface area contributed by atoms with Gasteiger partial charge in [-0.05, 0) is 73.0 Å². The number of halogens is 2. The molecule has 1 aliphatic rings. The van der Waals surface area contributed by atoms with Gasteiger partial charge in [-0.3, -0.25) is 14.0 Å². The van der Waals surface area contributed by atoms with Crippen molar-refractivity contribution in [3.8, 4) is 0 Å². The molecule has 0 spiro atoms. The van der Waals surface area contributed by atoms with Gasteiger partial charge in [-0.15, -0.1) is 0 Å². The minimum atomic E-state index is -3.60. The maximum Gasteiger partial charge on any atom is 0.251 e. The molecule has 0 radical (unpaired) electrons. The molecule has 0 atom stereocenters. The summed E-state index contributed by atoms with van der Waals surface area (Å²) in [6.45, 7) is 3.67. The van der Waals surface area contributed by atoms with E-state index < -0.39 is 10.0 Å². The minimum Gasteiger partial charge on any atom is -0.348 e. The summed E-state index contributed by atoms with van der Waals surface area (Å²) >= 11 is 12.2. The summed E-state index contributed by atoms with van der Waals surface area (Å²) < 4.78 is 26.2. The van der Waals surface area contributed by atoms with Crippen LogP contribution in [0.2, 0.25) is 10.0 Å². The third-order valence-corrected chi connectivity index (χ3v) is 7.81. The van der Waals surface area contributed by atoms with Crippen LogP contribution in [0.5, 0.6) is 0 Å². The monoisotopic (exact) mass is 545 g/mol. The quantitative estimate of drug-likeness (QED) is 0.386. The second-order valence-electron chi connectivity index (χ2n) is 9.03. The first-order valence-electron chi connectivity index (χ1n) is 11.8. The normalized spacial score (nSPS) is 14.1. The summed E-state index contributed by atoms with van der Waals surface area (Å²) in [4.78, 5) is 15.2. The predicted molar refractivity (Wildman–Crippen MR) is 146 cm³/mol. The van der Waals surface area contributed by atoms with E-state index in [-0.39, 0.29) is 12.5 Å². The van der Waals surface area contributed by atoms with Crippen LogP contribution in [0.3, 0.4) is 0 Å². The lowest BCUT2D eigenvalue weighted by molar-refractivity contribution is 0.0950. The lowest BCUT2D eigenvalue weighted by atomic mass is 10.1. The number of nitrogens with one attached hydrogen (secondary N) is 1. The van der Waals surface area contributed by atoms with Crippen molar-refractivity contribution in [1.29, 1.82) is 0 Å². The molecular formula is C27H29Cl2N3O3S. The van der Waals surface area contributed by atoms with E-state index in [1.807, 2.05) is 12.1 Å². The Balaban J connectivity index is 1.42. The standard InChI is InChI=1S/C27H29Cl2N3O3S/c1-36(34,35)32(26-15-24(28)14-25(29)16-26)18-20-8-10-21(11-9-20)27(33)30-17-22-6-2-3-7-23(22)19-31-12-4-5-13-31/h2-3,6-11,14-16H,4-5,12-13,17-19H2,1H3,(H,30,33). The SMILES string of the molecule is CS(=O)(=O)N(Cc1ccc(C(=O)NCc2ccccc2CN2CCCC2)cc1)c1cc(Cl)cc(Cl)c1. The summed E-state index contributed by atoms with van der Waals surface area (Å²) in [5.41, 5.74) is 3.95. The Labute approximate surface area is 222 Å². The van der Waals surface area contributed by atoms with Crippen molar-refractivity contribution in [1.82, 2.24) is 10.2 Å². The number of sulfonamides is 1. The van der Waals surface area contributed by atoms with Crippen molar-refractivity contribution >= 4 is 44.8 Å². The van der Waals surface area contributed by atoms with Gasteiger partial charge in [-0.25, -0.2) is 8.42 Å². The fraction of sp³-hybridized carbons (Fsp3) is 0.296. The van der Waals surface area contributed by atoms with Gasteiger partial charge in [0.05, 0.1) is 18.5 Å². The Hall–Kier alpha value is -2.58. The smallest absolute Gasteiger partial charge is 0.251 e. The van der Waals surface area contributed by atoms with Crippen molar-refractivity contribution in [2.75, 3.05) is 23.7 Å². The fourth-order valence-corrected chi connectivity index (χ4v) is 5.74. The molecule has 4 rings (SSSR count). The minimum absolute atomic E-state index is 0.0846. The van der Waals surface area contributed by atoms with Crippen LogP contribution < -0.4 is 9.62 Å². The molecule has 36 heavy (non-hydrogen) atoms. The van der Waals surface area contributed by atoms with Crippen molar-refractivity contribution in [3.63, 3.8) is 0 Å². The van der Waals surface area contributed by atoms with Crippen LogP contribution in [-0.2, 0) is 29.7 Å². The van der Waals surface area contributed by atoms with Crippen LogP contribution in [0.1, 0.15) is 39.9 Å². The zero-order chi connectivity index (χ0) is 25.7. The predicted octanol–water partition coefficient (Wildman–Crippen LogP) is 5.49. The van der Waals surface area contributed by atoms with E-state index in [1.165, 1.54) is 22.7 Å². The summed E-state index contributed by atoms with van der Waals surface area (Å²) in [6, 6.07) is 19.8. The number of carbonyl (C=O) groups excluding carboxylic acids is 1. The van der Waals surface area contributed by atoms with E-state index in [4.69, 9.17) is 23.2 Å². The van der Waals surface area contributed by atoms with Gasteiger partial charge in [0.2, 0.25) is 10.0 Å². The van der Waals surface area contributed by atoms with E-state index in [1.54, 1.807) is 42.5 Å². The number of likely N-dealkylation sites (tertiary alicyclic amines) is 1. The zero-order valence-corrected chi connectivity index (χ0v) is 22.4. The van der Waals surface area contributed by atoms with E-state index in [0.717, 1.165) is 37.0 Å². The lowest BCUT2D eigenvalue weighted by Gasteiger charge is -2.23. The van der Waals surface area contributed by atoms with Crippen molar-refractivity contribution in [3.05, 3.63) is 99.0 Å². The number of rotatable bonds is 9. The van der Waals surface area contributed by atoms with Gasteiger partial charge in [0, 0.05) is 28.7 Å². The van der Waals surface area contributed by atoms with E-state index in [0.29, 0.717) is 27.8 Å². The Kier molecular flexibility index (Phi) is 8.57. The highest BCUT2D eigenvalue weighted by molar-refractivity contribution is 7.92. The number of hydrogen-bond acceptors (Lipinski definition) is 4. The molecule has 190 valence electrons. The highest BCUT2D eigenvalue weighted by Crippen LogP contribution is 2.28. The number of nitrogens with zero attached hydrogens (tertiary/aromatic N) is 2. The molecule has 6 nitrogen and oxygen atoms in total. The molecule has 1 saturated heterocycles. The topological polar surface area (TPSA) is 69.7 Å². The van der Waals surface area contributed by atoms with Gasteiger partial charge in [0.1, 0.15) is 0 Å². The van der Waals surface area contributed by atoms with Crippen LogP contribution in [0.25, 0.3) is 0 Å². The van der Waals surface area contributed by atoms with E-state index in [2.05, 4.69) is 22.3 Å². The van der Waals surface area contributed by atoms with Crippen LogP contribution >= 0.6 is 23.2 Å². The van der Waals surface area contributed by atoms with Gasteiger partial charge in [0.15, 0.2) is 0 Å². The molecule has 3 aromatic rings. The Morgan fingerprint density at radius 1 is 0.944 bits per heavy atom. The molecule has 1 heterocycles. The number of amides is 1. The summed E-state index contributed by atoms with van der Waals surface area (Å²) in [5, 5.41) is 3.71. The molecule has 1 aliphatic heterocycles. The zero-order valence-electron chi connectivity index (χ0n) is 20.1. The lowest BCUT2D eigenvalue weighted by Crippen LogP contribution is -2.29. The number of hydrogen-bond donors (Lipinski definition) is 1. The molecule has 3 aromatic carbocycles. The third kappa shape index (κ3) is 7.01. The molecule has 0 aliphatic carbocycles. The fourth-order valence-electron chi connectivity index (χ4n) is 4.35.